The third-order valence-electron chi connectivity index (χ3n) is 6.43. The summed E-state index contributed by atoms with van der Waals surface area (Å²) in [4.78, 5) is 5.08. The van der Waals surface area contributed by atoms with Crippen molar-refractivity contribution in [2.75, 3.05) is 4.90 Å². The number of hydrogen-bond donors (Lipinski definition) is 1. The molecule has 0 radical (unpaired) electrons. The van der Waals surface area contributed by atoms with Crippen molar-refractivity contribution in [1.82, 2.24) is 4.98 Å². The normalized spacial score (nSPS) is 11.8. The molecule has 1 heterocycles. The lowest BCUT2D eigenvalue weighted by molar-refractivity contribution is -0.137. The molecule has 0 spiro atoms. The number of rotatable bonds is 4. The van der Waals surface area contributed by atoms with Crippen molar-refractivity contribution in [2.24, 2.45) is 0 Å². The van der Waals surface area contributed by atoms with Crippen molar-refractivity contribution in [3.05, 3.63) is 127 Å². The number of nitrogens with one attached hydrogen (secondary N) is 1. The van der Waals surface area contributed by atoms with E-state index >= 15 is 0 Å². The second kappa shape index (κ2) is 8.61. The Hall–Kier alpha value is -4.51. The molecule has 1 N–H and O–H groups in total. The van der Waals surface area contributed by atoms with Crippen LogP contribution < -0.4 is 4.90 Å². The van der Waals surface area contributed by atoms with Crippen LogP contribution in [0.15, 0.2) is 121 Å². The van der Waals surface area contributed by atoms with E-state index < -0.39 is 11.7 Å². The van der Waals surface area contributed by atoms with E-state index in [1.165, 1.54) is 12.1 Å². The Kier molecular flexibility index (Phi) is 5.26. The van der Waals surface area contributed by atoms with E-state index in [0.29, 0.717) is 11.4 Å². The summed E-state index contributed by atoms with van der Waals surface area (Å²) in [6.07, 6.45) is -4.47. The van der Waals surface area contributed by atoms with Gasteiger partial charge >= 0.3 is 6.18 Å². The van der Waals surface area contributed by atoms with Crippen molar-refractivity contribution < 1.29 is 13.2 Å². The Bertz CT molecular complexity index is 1670. The van der Waals surface area contributed by atoms with Crippen LogP contribution in [0.25, 0.3) is 32.9 Å². The van der Waals surface area contributed by atoms with Crippen molar-refractivity contribution in [1.29, 1.82) is 0 Å². The molecule has 36 heavy (non-hydrogen) atoms. The largest absolute Gasteiger partial charge is 0.418 e. The highest BCUT2D eigenvalue weighted by Gasteiger charge is 2.35. The lowest BCUT2D eigenvalue weighted by atomic mass is 10.0. The summed E-state index contributed by atoms with van der Waals surface area (Å²) in [6, 6.07) is 36.9. The molecule has 0 saturated carbocycles. The topological polar surface area (TPSA) is 19.0 Å². The minimum atomic E-state index is -4.47. The summed E-state index contributed by atoms with van der Waals surface area (Å²) in [5.41, 5.74) is 4.89. The van der Waals surface area contributed by atoms with E-state index in [9.17, 15) is 13.2 Å². The molecule has 0 amide bonds. The van der Waals surface area contributed by atoms with E-state index in [4.69, 9.17) is 0 Å². The first-order valence-electron chi connectivity index (χ1n) is 11.6. The van der Waals surface area contributed by atoms with Gasteiger partial charge in [-0.3, -0.25) is 0 Å². The Balaban J connectivity index is 1.44. The maximum atomic E-state index is 13.9. The van der Waals surface area contributed by atoms with Gasteiger partial charge in [-0.15, -0.1) is 0 Å². The monoisotopic (exact) mass is 478 g/mol. The van der Waals surface area contributed by atoms with Gasteiger partial charge in [0.1, 0.15) is 0 Å². The third kappa shape index (κ3) is 3.89. The maximum absolute atomic E-state index is 13.9. The standard InChI is InChI=1S/C31H21F3N2/c32-31(33,34)27-11-5-7-13-30(27)36(23-8-2-1-3-9-23)24-17-14-21(15-18-24)22-16-19-29-26(20-22)25-10-4-6-12-28(25)35-29/h1-20,35H. The quantitative estimate of drug-likeness (QED) is 0.267. The van der Waals surface area contributed by atoms with Crippen molar-refractivity contribution in [2.45, 2.75) is 6.18 Å². The number of benzene rings is 5. The van der Waals surface area contributed by atoms with Gasteiger partial charge < -0.3 is 9.88 Å². The molecule has 0 saturated heterocycles. The second-order valence-electron chi connectivity index (χ2n) is 8.66. The fourth-order valence-corrected chi connectivity index (χ4v) is 4.74. The van der Waals surface area contributed by atoms with Crippen LogP contribution >= 0.6 is 0 Å². The zero-order valence-electron chi connectivity index (χ0n) is 19.1. The molecule has 0 aliphatic rings. The molecule has 1 aromatic heterocycles. The van der Waals surface area contributed by atoms with Crippen LogP contribution in [0.3, 0.4) is 0 Å². The van der Waals surface area contributed by atoms with Crippen LogP contribution in [-0.4, -0.2) is 4.98 Å². The molecule has 0 unspecified atom stereocenters. The first-order chi connectivity index (χ1) is 17.5. The number of anilines is 3. The summed E-state index contributed by atoms with van der Waals surface area (Å²) in [5.74, 6) is 0. The number of aromatic nitrogens is 1. The summed E-state index contributed by atoms with van der Waals surface area (Å²) in [7, 11) is 0. The molecule has 0 fully saturated rings. The van der Waals surface area contributed by atoms with Gasteiger partial charge in [-0.25, -0.2) is 0 Å². The second-order valence-corrected chi connectivity index (χ2v) is 8.66. The number of alkyl halides is 3. The number of fused-ring (bicyclic) bond motifs is 3. The van der Waals surface area contributed by atoms with E-state index in [1.54, 1.807) is 11.0 Å². The minimum Gasteiger partial charge on any atom is -0.355 e. The fourth-order valence-electron chi connectivity index (χ4n) is 4.74. The zero-order chi connectivity index (χ0) is 24.7. The SMILES string of the molecule is FC(F)(F)c1ccccc1N(c1ccccc1)c1ccc(-c2ccc3[nH]c4ccccc4c3c2)cc1. The highest BCUT2D eigenvalue weighted by atomic mass is 19.4. The fraction of sp³-hybridized carbons (Fsp3) is 0.0323. The predicted molar refractivity (Wildman–Crippen MR) is 141 cm³/mol. The number of aromatic amines is 1. The van der Waals surface area contributed by atoms with Crippen molar-refractivity contribution >= 4 is 38.9 Å². The molecule has 6 aromatic rings. The molecule has 0 aliphatic carbocycles. The molecule has 176 valence electrons. The van der Waals surface area contributed by atoms with Crippen LogP contribution in [0.1, 0.15) is 5.56 Å². The van der Waals surface area contributed by atoms with E-state index in [1.807, 2.05) is 66.7 Å². The lowest BCUT2D eigenvalue weighted by Crippen LogP contribution is -2.16. The van der Waals surface area contributed by atoms with Gasteiger partial charge in [-0.2, -0.15) is 13.2 Å². The lowest BCUT2D eigenvalue weighted by Gasteiger charge is -2.28. The molecule has 0 aliphatic heterocycles. The first kappa shape index (κ1) is 22.0. The highest BCUT2D eigenvalue weighted by Crippen LogP contribution is 2.43. The summed E-state index contributed by atoms with van der Waals surface area (Å²) < 4.78 is 41.7. The Labute approximate surface area is 206 Å². The van der Waals surface area contributed by atoms with Gasteiger partial charge in [-0.1, -0.05) is 66.7 Å². The van der Waals surface area contributed by atoms with Gasteiger partial charge in [0, 0.05) is 33.2 Å². The molecular formula is C31H21F3N2. The molecule has 5 aromatic carbocycles. The molecule has 5 heteroatoms. The molecule has 2 nitrogen and oxygen atoms in total. The van der Waals surface area contributed by atoms with Crippen LogP contribution in [0, 0.1) is 0 Å². The molecular weight excluding hydrogens is 457 g/mol. The first-order valence-corrected chi connectivity index (χ1v) is 11.6. The maximum Gasteiger partial charge on any atom is 0.418 e. The van der Waals surface area contributed by atoms with Crippen molar-refractivity contribution in [3.63, 3.8) is 0 Å². The summed E-state index contributed by atoms with van der Waals surface area (Å²) in [6.45, 7) is 0. The van der Waals surface area contributed by atoms with Gasteiger partial charge in [0.05, 0.1) is 11.3 Å². The number of H-pyrrole nitrogens is 1. The Morgan fingerprint density at radius 1 is 0.528 bits per heavy atom. The zero-order valence-corrected chi connectivity index (χ0v) is 19.1. The summed E-state index contributed by atoms with van der Waals surface area (Å²) >= 11 is 0. The smallest absolute Gasteiger partial charge is 0.355 e. The van der Waals surface area contributed by atoms with E-state index in [2.05, 4.69) is 35.3 Å². The van der Waals surface area contributed by atoms with Crippen LogP contribution in [-0.2, 0) is 6.18 Å². The average molecular weight is 479 g/mol. The van der Waals surface area contributed by atoms with Crippen LogP contribution in [0.4, 0.5) is 30.2 Å². The van der Waals surface area contributed by atoms with E-state index in [0.717, 1.165) is 39.0 Å². The van der Waals surface area contributed by atoms with Crippen molar-refractivity contribution in [3.8, 4) is 11.1 Å². The number of halogens is 3. The number of hydrogen-bond acceptors (Lipinski definition) is 1. The van der Waals surface area contributed by atoms with E-state index in [-0.39, 0.29) is 5.69 Å². The predicted octanol–water partition coefficient (Wildman–Crippen LogP) is 9.48. The van der Waals surface area contributed by atoms with Crippen LogP contribution in [0.2, 0.25) is 0 Å². The van der Waals surface area contributed by atoms with Gasteiger partial charge in [0.2, 0.25) is 0 Å². The minimum absolute atomic E-state index is 0.0872. The van der Waals surface area contributed by atoms with Gasteiger partial charge in [-0.05, 0) is 65.7 Å². The highest BCUT2D eigenvalue weighted by molar-refractivity contribution is 6.08. The average Bonchev–Trinajstić information content (AvgIpc) is 3.28. The number of nitrogens with zero attached hydrogens (tertiary/aromatic N) is 1. The molecule has 0 atom stereocenters. The van der Waals surface area contributed by atoms with Gasteiger partial charge in [0.15, 0.2) is 0 Å². The molecule has 0 bridgehead atoms. The third-order valence-corrected chi connectivity index (χ3v) is 6.43. The summed E-state index contributed by atoms with van der Waals surface area (Å²) in [5, 5.41) is 2.29. The number of para-hydroxylation sites is 3. The Morgan fingerprint density at radius 3 is 1.92 bits per heavy atom. The Morgan fingerprint density at radius 2 is 1.14 bits per heavy atom. The van der Waals surface area contributed by atoms with Gasteiger partial charge in [0.25, 0.3) is 0 Å². The molecule has 6 rings (SSSR count). The van der Waals surface area contributed by atoms with Crippen LogP contribution in [0.5, 0.6) is 0 Å².